The molecular weight excluding hydrogens is 360 g/mol. The number of benzene rings is 1. The number of amides is 2. The van der Waals surface area contributed by atoms with E-state index in [0.29, 0.717) is 26.2 Å². The van der Waals surface area contributed by atoms with E-state index in [-0.39, 0.29) is 12.0 Å². The van der Waals surface area contributed by atoms with Crippen LogP contribution in [0, 0.1) is 0 Å². The molecule has 0 atom stereocenters. The topological polar surface area (TPSA) is 66.8 Å². The molecule has 0 spiro atoms. The fourth-order valence-electron chi connectivity index (χ4n) is 3.73. The van der Waals surface area contributed by atoms with Crippen LogP contribution >= 0.6 is 0 Å². The quantitative estimate of drug-likeness (QED) is 0.747. The van der Waals surface area contributed by atoms with Gasteiger partial charge in [0.05, 0.1) is 39.9 Å². The van der Waals surface area contributed by atoms with Gasteiger partial charge < -0.3 is 24.2 Å². The largest absolute Gasteiger partial charge is 0.497 e. The summed E-state index contributed by atoms with van der Waals surface area (Å²) < 4.78 is 10.2. The monoisotopic (exact) mass is 391 g/mol. The fraction of sp³-hybridized carbons (Fsp3) is 0.600. The summed E-state index contributed by atoms with van der Waals surface area (Å²) in [6.07, 6.45) is -0.248. The van der Waals surface area contributed by atoms with Crippen molar-refractivity contribution in [2.75, 3.05) is 77.5 Å². The van der Waals surface area contributed by atoms with Crippen LogP contribution in [0.4, 0.5) is 10.5 Å². The van der Waals surface area contributed by atoms with Gasteiger partial charge in [0.25, 0.3) is 5.91 Å². The first-order chi connectivity index (χ1) is 13.6. The first-order valence-electron chi connectivity index (χ1n) is 10.0. The van der Waals surface area contributed by atoms with Crippen molar-refractivity contribution < 1.29 is 24.0 Å². The van der Waals surface area contributed by atoms with Crippen LogP contribution in [0.2, 0.25) is 0 Å². The zero-order valence-electron chi connectivity index (χ0n) is 16.9. The van der Waals surface area contributed by atoms with Gasteiger partial charge in [0.2, 0.25) is 0 Å². The number of carbonyl (C=O) groups excluding carboxylic acids is 2. The lowest BCUT2D eigenvalue weighted by Crippen LogP contribution is -3.15. The molecule has 0 aliphatic carbocycles. The summed E-state index contributed by atoms with van der Waals surface area (Å²) in [5, 5.41) is 0. The van der Waals surface area contributed by atoms with Gasteiger partial charge >= 0.3 is 6.09 Å². The van der Waals surface area contributed by atoms with Crippen molar-refractivity contribution in [3.05, 3.63) is 24.3 Å². The normalized spacial score (nSPS) is 18.1. The zero-order valence-corrected chi connectivity index (χ0v) is 16.9. The zero-order chi connectivity index (χ0) is 19.9. The molecule has 2 amide bonds. The highest BCUT2D eigenvalue weighted by Gasteiger charge is 2.29. The molecule has 1 aromatic rings. The number of nitrogens with zero attached hydrogens (tertiary/aromatic N) is 3. The van der Waals surface area contributed by atoms with Crippen LogP contribution in [-0.4, -0.2) is 94.4 Å². The maximum absolute atomic E-state index is 12.7. The third-order valence-corrected chi connectivity index (χ3v) is 5.47. The Balaban J connectivity index is 1.41. The molecule has 2 heterocycles. The molecule has 2 aliphatic heterocycles. The van der Waals surface area contributed by atoms with Crippen LogP contribution < -0.4 is 14.5 Å². The lowest BCUT2D eigenvalue weighted by Gasteiger charge is -2.37. The highest BCUT2D eigenvalue weighted by atomic mass is 16.6. The molecule has 0 unspecified atom stereocenters. The second-order valence-corrected chi connectivity index (χ2v) is 7.18. The molecular formula is C20H31N4O4+. The van der Waals surface area contributed by atoms with Crippen LogP contribution in [0.3, 0.4) is 0 Å². The van der Waals surface area contributed by atoms with Crippen molar-refractivity contribution in [2.24, 2.45) is 0 Å². The Labute approximate surface area is 166 Å². The maximum Gasteiger partial charge on any atom is 0.410 e. The van der Waals surface area contributed by atoms with Crippen molar-refractivity contribution in [3.8, 4) is 5.75 Å². The second kappa shape index (κ2) is 9.64. The van der Waals surface area contributed by atoms with Gasteiger partial charge in [-0.2, -0.15) is 0 Å². The van der Waals surface area contributed by atoms with Crippen molar-refractivity contribution in [3.63, 3.8) is 0 Å². The molecule has 1 N–H and O–H groups in total. The predicted octanol–water partition coefficient (Wildman–Crippen LogP) is -0.299. The van der Waals surface area contributed by atoms with Crippen LogP contribution in [-0.2, 0) is 9.53 Å². The van der Waals surface area contributed by atoms with Crippen LogP contribution in [0.1, 0.15) is 6.92 Å². The van der Waals surface area contributed by atoms with E-state index in [4.69, 9.17) is 9.47 Å². The molecule has 0 aromatic heterocycles. The Morgan fingerprint density at radius 2 is 1.61 bits per heavy atom. The molecule has 0 saturated carbocycles. The number of hydrogen-bond acceptors (Lipinski definition) is 5. The summed E-state index contributed by atoms with van der Waals surface area (Å²) in [7, 11) is 1.66. The summed E-state index contributed by atoms with van der Waals surface area (Å²) in [5.41, 5.74) is 1.16. The van der Waals surface area contributed by atoms with E-state index in [1.165, 1.54) is 4.90 Å². The predicted molar refractivity (Wildman–Crippen MR) is 106 cm³/mol. The Hall–Kier alpha value is -2.48. The van der Waals surface area contributed by atoms with Crippen LogP contribution in [0.15, 0.2) is 24.3 Å². The van der Waals surface area contributed by atoms with Gasteiger partial charge in [-0.1, -0.05) is 0 Å². The van der Waals surface area contributed by atoms with Gasteiger partial charge in [-0.05, 0) is 31.2 Å². The number of quaternary nitrogens is 1. The molecule has 1 aromatic carbocycles. The number of rotatable bonds is 5. The van der Waals surface area contributed by atoms with E-state index in [1.807, 2.05) is 24.0 Å². The first-order valence-corrected chi connectivity index (χ1v) is 10.0. The summed E-state index contributed by atoms with van der Waals surface area (Å²) in [6.45, 7) is 8.74. The minimum absolute atomic E-state index is 0.203. The van der Waals surface area contributed by atoms with E-state index < -0.39 is 0 Å². The number of piperazine rings is 2. The Morgan fingerprint density at radius 3 is 2.18 bits per heavy atom. The molecule has 0 radical (unpaired) electrons. The van der Waals surface area contributed by atoms with Gasteiger partial charge in [0, 0.05) is 31.9 Å². The lowest BCUT2D eigenvalue weighted by atomic mass is 10.2. The van der Waals surface area contributed by atoms with E-state index in [1.54, 1.807) is 12.0 Å². The van der Waals surface area contributed by atoms with Crippen molar-refractivity contribution in [2.45, 2.75) is 6.92 Å². The summed E-state index contributed by atoms with van der Waals surface area (Å²) in [4.78, 5) is 31.7. The third kappa shape index (κ3) is 5.07. The Morgan fingerprint density at radius 1 is 0.964 bits per heavy atom. The van der Waals surface area contributed by atoms with Gasteiger partial charge in [-0.15, -0.1) is 0 Å². The van der Waals surface area contributed by atoms with Gasteiger partial charge in [0.15, 0.2) is 6.54 Å². The van der Waals surface area contributed by atoms with E-state index >= 15 is 0 Å². The SMILES string of the molecule is CCOC(=O)N1CC[NH+](CC(=O)N2CCN(c3ccc(OC)cc3)CC2)CC1. The van der Waals surface area contributed by atoms with E-state index in [0.717, 1.165) is 50.7 Å². The van der Waals surface area contributed by atoms with Crippen LogP contribution in [0.25, 0.3) is 0 Å². The minimum atomic E-state index is -0.248. The van der Waals surface area contributed by atoms with Crippen LogP contribution in [0.5, 0.6) is 5.75 Å². The van der Waals surface area contributed by atoms with Gasteiger partial charge in [0.1, 0.15) is 5.75 Å². The number of carbonyl (C=O) groups is 2. The molecule has 8 nitrogen and oxygen atoms in total. The molecule has 3 rings (SSSR count). The maximum atomic E-state index is 12.7. The number of hydrogen-bond donors (Lipinski definition) is 1. The van der Waals surface area contributed by atoms with Gasteiger partial charge in [-0.3, -0.25) is 9.69 Å². The van der Waals surface area contributed by atoms with E-state index in [9.17, 15) is 9.59 Å². The molecule has 28 heavy (non-hydrogen) atoms. The number of nitrogens with one attached hydrogen (secondary N) is 1. The Bertz CT molecular complexity index is 651. The highest BCUT2D eigenvalue weighted by molar-refractivity contribution is 5.77. The average Bonchev–Trinajstić information content (AvgIpc) is 2.74. The number of methoxy groups -OCH3 is 1. The van der Waals surface area contributed by atoms with Gasteiger partial charge in [-0.25, -0.2) is 4.79 Å². The molecule has 8 heteroatoms. The first kappa shape index (κ1) is 20.3. The van der Waals surface area contributed by atoms with Crippen molar-refractivity contribution in [1.29, 1.82) is 0 Å². The molecule has 2 aliphatic rings. The third-order valence-electron chi connectivity index (χ3n) is 5.47. The molecule has 2 fully saturated rings. The number of ether oxygens (including phenoxy) is 2. The Kier molecular flexibility index (Phi) is 6.97. The smallest absolute Gasteiger partial charge is 0.410 e. The summed E-state index contributed by atoms with van der Waals surface area (Å²) in [6, 6.07) is 8.05. The van der Waals surface area contributed by atoms with Crippen molar-refractivity contribution in [1.82, 2.24) is 9.80 Å². The summed E-state index contributed by atoms with van der Waals surface area (Å²) >= 11 is 0. The molecule has 154 valence electrons. The highest BCUT2D eigenvalue weighted by Crippen LogP contribution is 2.20. The average molecular weight is 391 g/mol. The standard InChI is InChI=1S/C20H30N4O4/c1-3-28-20(26)24-10-8-21(9-11-24)16-19(25)23-14-12-22(13-15-23)17-4-6-18(27-2)7-5-17/h4-7H,3,8-16H2,1-2H3/p+1. The van der Waals surface area contributed by atoms with E-state index in [2.05, 4.69) is 17.0 Å². The summed E-state index contributed by atoms with van der Waals surface area (Å²) in [5.74, 6) is 1.05. The fourth-order valence-corrected chi connectivity index (χ4v) is 3.73. The number of anilines is 1. The van der Waals surface area contributed by atoms with Crippen molar-refractivity contribution >= 4 is 17.7 Å². The molecule has 0 bridgehead atoms. The second-order valence-electron chi connectivity index (χ2n) is 7.18. The minimum Gasteiger partial charge on any atom is -0.497 e. The lowest BCUT2D eigenvalue weighted by molar-refractivity contribution is -0.896. The molecule has 2 saturated heterocycles.